The standard InChI is InChI=1S/C29H40N4O9S/c1-7-8-9-14-33-24(16-39-22-12-10-17(2)11-13-22)31-32-29(33)43-28-25(30-18(3)34)27(41-21(6)37)26(40-20(5)36)23(42-28)15-38-19(4)35/h10-13,23,25-28H,7-9,14-16H2,1-6H3,(H,30,34)/t23-,25-,26+,27-,28+/m0/s1. The summed E-state index contributed by atoms with van der Waals surface area (Å²) in [4.78, 5) is 48.2. The lowest BCUT2D eigenvalue weighted by atomic mass is 9.97. The van der Waals surface area contributed by atoms with Gasteiger partial charge in [0.1, 0.15) is 36.5 Å². The van der Waals surface area contributed by atoms with Crippen molar-refractivity contribution in [3.05, 3.63) is 35.7 Å². The van der Waals surface area contributed by atoms with Crippen molar-refractivity contribution >= 4 is 35.6 Å². The van der Waals surface area contributed by atoms with Gasteiger partial charge in [0.2, 0.25) is 5.91 Å². The van der Waals surface area contributed by atoms with Gasteiger partial charge in [-0.25, -0.2) is 0 Å². The van der Waals surface area contributed by atoms with Crippen LogP contribution in [0.3, 0.4) is 0 Å². The van der Waals surface area contributed by atoms with Crippen LogP contribution in [-0.2, 0) is 51.3 Å². The minimum absolute atomic E-state index is 0.170. The van der Waals surface area contributed by atoms with Crippen LogP contribution in [0, 0.1) is 6.92 Å². The number of esters is 3. The topological polar surface area (TPSA) is 157 Å². The first kappa shape index (κ1) is 33.8. The van der Waals surface area contributed by atoms with Crippen LogP contribution in [0.4, 0.5) is 0 Å². The molecule has 2 heterocycles. The molecule has 14 heteroatoms. The molecule has 13 nitrogen and oxygen atoms in total. The number of hydrogen-bond acceptors (Lipinski definition) is 12. The lowest BCUT2D eigenvalue weighted by Crippen LogP contribution is -2.65. The van der Waals surface area contributed by atoms with E-state index in [-0.39, 0.29) is 13.2 Å². The maximum atomic E-state index is 12.3. The second-order valence-corrected chi connectivity index (χ2v) is 11.3. The van der Waals surface area contributed by atoms with Crippen LogP contribution in [0.1, 0.15) is 65.3 Å². The number of carbonyl (C=O) groups excluding carboxylic acids is 4. The van der Waals surface area contributed by atoms with Crippen LogP contribution in [0.25, 0.3) is 0 Å². The molecule has 43 heavy (non-hydrogen) atoms. The van der Waals surface area contributed by atoms with Crippen LogP contribution < -0.4 is 10.1 Å². The molecular formula is C29H40N4O9S. The Morgan fingerprint density at radius 1 is 0.953 bits per heavy atom. The molecule has 1 fully saturated rings. The van der Waals surface area contributed by atoms with Gasteiger partial charge in [-0.1, -0.05) is 49.2 Å². The van der Waals surface area contributed by atoms with E-state index in [1.165, 1.54) is 27.7 Å². The van der Waals surface area contributed by atoms with Crippen LogP contribution in [0.2, 0.25) is 0 Å². The molecule has 1 saturated heterocycles. The van der Waals surface area contributed by atoms with Gasteiger partial charge in [-0.2, -0.15) is 0 Å². The predicted molar refractivity (Wildman–Crippen MR) is 155 cm³/mol. The minimum Gasteiger partial charge on any atom is -0.486 e. The van der Waals surface area contributed by atoms with E-state index in [0.717, 1.165) is 36.6 Å². The van der Waals surface area contributed by atoms with Crippen LogP contribution in [0.5, 0.6) is 5.75 Å². The average molecular weight is 621 g/mol. The molecular weight excluding hydrogens is 580 g/mol. The van der Waals surface area contributed by atoms with Crippen LogP contribution in [0.15, 0.2) is 29.4 Å². The number of unbranched alkanes of at least 4 members (excludes halogenated alkanes) is 2. The summed E-state index contributed by atoms with van der Waals surface area (Å²) >= 11 is 1.16. The van der Waals surface area contributed by atoms with Gasteiger partial charge in [0.05, 0.1) is 0 Å². The smallest absolute Gasteiger partial charge is 0.303 e. The van der Waals surface area contributed by atoms with Gasteiger partial charge in [0.15, 0.2) is 23.2 Å². The molecule has 236 valence electrons. The first-order valence-electron chi connectivity index (χ1n) is 14.2. The lowest BCUT2D eigenvalue weighted by Gasteiger charge is -2.44. The van der Waals surface area contributed by atoms with Gasteiger partial charge in [-0.3, -0.25) is 19.2 Å². The Morgan fingerprint density at radius 3 is 2.23 bits per heavy atom. The van der Waals surface area contributed by atoms with Gasteiger partial charge in [0, 0.05) is 34.2 Å². The van der Waals surface area contributed by atoms with E-state index in [1.807, 2.05) is 35.8 Å². The normalized spacial score (nSPS) is 21.5. The second kappa shape index (κ2) is 16.3. The Labute approximate surface area is 255 Å². The van der Waals surface area contributed by atoms with Gasteiger partial charge >= 0.3 is 17.9 Å². The van der Waals surface area contributed by atoms with Crippen molar-refractivity contribution < 1.29 is 42.9 Å². The Morgan fingerprint density at radius 2 is 1.63 bits per heavy atom. The molecule has 2 aromatic rings. The molecule has 1 aliphatic heterocycles. The fourth-order valence-electron chi connectivity index (χ4n) is 4.54. The number of rotatable bonds is 14. The molecule has 1 aromatic carbocycles. The summed E-state index contributed by atoms with van der Waals surface area (Å²) in [7, 11) is 0. The number of hydrogen-bond donors (Lipinski definition) is 1. The zero-order valence-electron chi connectivity index (χ0n) is 25.4. The quantitative estimate of drug-likeness (QED) is 0.187. The van der Waals surface area contributed by atoms with Gasteiger partial charge in [-0.15, -0.1) is 10.2 Å². The maximum Gasteiger partial charge on any atom is 0.303 e. The number of aryl methyl sites for hydroxylation is 1. The third-order valence-electron chi connectivity index (χ3n) is 6.46. The van der Waals surface area contributed by atoms with Gasteiger partial charge in [-0.05, 0) is 25.5 Å². The zero-order valence-corrected chi connectivity index (χ0v) is 26.2. The number of ether oxygens (including phenoxy) is 5. The summed E-state index contributed by atoms with van der Waals surface area (Å²) in [6.45, 7) is 9.54. The molecule has 0 unspecified atom stereocenters. The van der Waals surface area contributed by atoms with Crippen molar-refractivity contribution in [2.24, 2.45) is 0 Å². The van der Waals surface area contributed by atoms with E-state index in [2.05, 4.69) is 22.4 Å². The van der Waals surface area contributed by atoms with Crippen molar-refractivity contribution in [2.45, 2.75) is 109 Å². The molecule has 0 saturated carbocycles. The molecule has 1 N–H and O–H groups in total. The van der Waals surface area contributed by atoms with E-state index in [4.69, 9.17) is 23.7 Å². The highest BCUT2D eigenvalue weighted by Gasteiger charge is 2.51. The number of aromatic nitrogens is 3. The molecule has 1 aromatic heterocycles. The van der Waals surface area contributed by atoms with E-state index in [9.17, 15) is 19.2 Å². The summed E-state index contributed by atoms with van der Waals surface area (Å²) in [5.74, 6) is -1.03. The monoisotopic (exact) mass is 620 g/mol. The Kier molecular flexibility index (Phi) is 12.8. The summed E-state index contributed by atoms with van der Waals surface area (Å²) in [5, 5.41) is 12.1. The van der Waals surface area contributed by atoms with E-state index >= 15 is 0 Å². The number of thioether (sulfide) groups is 1. The van der Waals surface area contributed by atoms with Crippen LogP contribution in [-0.4, -0.2) is 75.0 Å². The predicted octanol–water partition coefficient (Wildman–Crippen LogP) is 3.10. The third kappa shape index (κ3) is 10.2. The molecule has 0 radical (unpaired) electrons. The third-order valence-corrected chi connectivity index (χ3v) is 7.61. The molecule has 5 atom stereocenters. The zero-order chi connectivity index (χ0) is 31.5. The Balaban J connectivity index is 1.96. The summed E-state index contributed by atoms with van der Waals surface area (Å²) in [5.41, 5.74) is 0.214. The van der Waals surface area contributed by atoms with Crippen molar-refractivity contribution in [1.82, 2.24) is 20.1 Å². The number of nitrogens with zero attached hydrogens (tertiary/aromatic N) is 3. The first-order valence-corrected chi connectivity index (χ1v) is 15.0. The summed E-state index contributed by atoms with van der Waals surface area (Å²) in [6, 6.07) is 6.72. The number of amides is 1. The fourth-order valence-corrected chi connectivity index (χ4v) is 5.72. The Bertz CT molecular complexity index is 1250. The molecule has 0 spiro atoms. The highest BCUT2D eigenvalue weighted by atomic mass is 32.2. The van der Waals surface area contributed by atoms with Crippen LogP contribution >= 0.6 is 11.8 Å². The Hall–Kier alpha value is -3.65. The SMILES string of the molecule is CCCCCn1c(COc2ccc(C)cc2)nnc1S[C@H]1O[C@@H](COC(C)=O)[C@@H](OC(C)=O)[C@@H](OC(C)=O)[C@@H]1NC(C)=O. The molecule has 0 bridgehead atoms. The number of carbonyl (C=O) groups is 4. The highest BCUT2D eigenvalue weighted by molar-refractivity contribution is 7.99. The van der Waals surface area contributed by atoms with Crippen molar-refractivity contribution in [1.29, 1.82) is 0 Å². The summed E-state index contributed by atoms with van der Waals surface area (Å²) < 4.78 is 30.5. The first-order chi connectivity index (χ1) is 20.5. The lowest BCUT2D eigenvalue weighted by molar-refractivity contribution is -0.211. The van der Waals surface area contributed by atoms with Gasteiger partial charge in [0.25, 0.3) is 0 Å². The van der Waals surface area contributed by atoms with E-state index in [1.54, 1.807) is 0 Å². The number of benzene rings is 1. The largest absolute Gasteiger partial charge is 0.486 e. The van der Waals surface area contributed by atoms with E-state index in [0.29, 0.717) is 23.3 Å². The highest BCUT2D eigenvalue weighted by Crippen LogP contribution is 2.36. The van der Waals surface area contributed by atoms with E-state index < -0.39 is 53.6 Å². The van der Waals surface area contributed by atoms with Gasteiger partial charge < -0.3 is 33.6 Å². The molecule has 0 aliphatic carbocycles. The van der Waals surface area contributed by atoms with Crippen molar-refractivity contribution in [3.8, 4) is 5.75 Å². The molecule has 3 rings (SSSR count). The average Bonchev–Trinajstić information content (AvgIpc) is 3.31. The maximum absolute atomic E-state index is 12.3. The molecule has 1 amide bonds. The van der Waals surface area contributed by atoms with Crippen molar-refractivity contribution in [2.75, 3.05) is 6.61 Å². The second-order valence-electron chi connectivity index (χ2n) is 10.2. The fraction of sp³-hybridized carbons (Fsp3) is 0.586. The van der Waals surface area contributed by atoms with Crippen molar-refractivity contribution in [3.63, 3.8) is 0 Å². The molecule has 1 aliphatic rings. The minimum atomic E-state index is -1.17. The summed E-state index contributed by atoms with van der Waals surface area (Å²) in [6.07, 6.45) is -0.484. The number of nitrogens with one attached hydrogen (secondary N) is 1.